The van der Waals surface area contributed by atoms with Crippen LogP contribution in [0.4, 0.5) is 0 Å². The lowest BCUT2D eigenvalue weighted by atomic mass is 9.90. The van der Waals surface area contributed by atoms with E-state index in [0.717, 1.165) is 5.02 Å². The predicted molar refractivity (Wildman–Crippen MR) is 92.7 cm³/mol. The van der Waals surface area contributed by atoms with Crippen molar-refractivity contribution in [3.05, 3.63) is 71.8 Å². The van der Waals surface area contributed by atoms with Crippen molar-refractivity contribution in [3.8, 4) is 0 Å². The predicted octanol–water partition coefficient (Wildman–Crippen LogP) is 6.39. The minimum Gasteiger partial charge on any atom is -0.0843 e. The van der Waals surface area contributed by atoms with Gasteiger partial charge in [0.25, 0.3) is 0 Å². The van der Waals surface area contributed by atoms with Crippen LogP contribution in [0.5, 0.6) is 0 Å². The summed E-state index contributed by atoms with van der Waals surface area (Å²) in [6.45, 7) is 0. The van der Waals surface area contributed by atoms with Crippen LogP contribution in [-0.2, 0) is 0 Å². The van der Waals surface area contributed by atoms with Gasteiger partial charge in [-0.2, -0.15) is 0 Å². The molecule has 0 atom stereocenters. The van der Waals surface area contributed by atoms with Crippen LogP contribution in [0.2, 0.25) is 5.02 Å². The summed E-state index contributed by atoms with van der Waals surface area (Å²) in [5.41, 5.74) is 0. The lowest BCUT2D eigenvalue weighted by Gasteiger charge is -2.14. The SMILES string of the molecule is Clc1cc2cccc3c4cccc5cccc(c(c1)c23)c54. The standard InChI is InChI=1S/C20H11Cl/c21-14-10-13-6-3-8-16-15-7-1-4-12-5-2-9-17(19(12)15)18(11-14)20(13)16/h1-11H. The molecule has 0 amide bonds. The molecule has 0 aliphatic carbocycles. The van der Waals surface area contributed by atoms with Gasteiger partial charge in [-0.25, -0.2) is 0 Å². The maximum absolute atomic E-state index is 6.34. The van der Waals surface area contributed by atoms with E-state index in [0.29, 0.717) is 0 Å². The molecule has 0 radical (unpaired) electrons. The second kappa shape index (κ2) is 3.87. The Kier molecular flexibility index (Phi) is 2.09. The Morgan fingerprint density at radius 1 is 0.524 bits per heavy atom. The number of hydrogen-bond acceptors (Lipinski definition) is 0. The van der Waals surface area contributed by atoms with E-state index in [1.165, 1.54) is 43.1 Å². The first-order valence-electron chi connectivity index (χ1n) is 7.08. The number of benzene rings is 5. The van der Waals surface area contributed by atoms with Gasteiger partial charge in [0.1, 0.15) is 0 Å². The number of halogens is 1. The van der Waals surface area contributed by atoms with Gasteiger partial charge in [0, 0.05) is 5.02 Å². The third kappa shape index (κ3) is 1.40. The van der Waals surface area contributed by atoms with Crippen LogP contribution in [0.3, 0.4) is 0 Å². The molecular weight excluding hydrogens is 276 g/mol. The quantitative estimate of drug-likeness (QED) is 0.228. The highest BCUT2D eigenvalue weighted by molar-refractivity contribution is 6.37. The van der Waals surface area contributed by atoms with E-state index >= 15 is 0 Å². The zero-order valence-electron chi connectivity index (χ0n) is 11.2. The summed E-state index contributed by atoms with van der Waals surface area (Å²) >= 11 is 6.34. The molecule has 0 fully saturated rings. The average molecular weight is 287 g/mol. The van der Waals surface area contributed by atoms with Crippen LogP contribution in [0.15, 0.2) is 66.7 Å². The summed E-state index contributed by atoms with van der Waals surface area (Å²) in [5.74, 6) is 0. The van der Waals surface area contributed by atoms with Crippen molar-refractivity contribution in [1.82, 2.24) is 0 Å². The van der Waals surface area contributed by atoms with Crippen LogP contribution in [0.25, 0.3) is 43.1 Å². The number of fused-ring (bicyclic) bond motifs is 2. The normalized spacial score (nSPS) is 12.0. The van der Waals surface area contributed by atoms with Crippen LogP contribution >= 0.6 is 11.6 Å². The Labute approximate surface area is 126 Å². The van der Waals surface area contributed by atoms with Gasteiger partial charge in [-0.05, 0) is 55.2 Å². The van der Waals surface area contributed by atoms with E-state index in [1.54, 1.807) is 0 Å². The highest BCUT2D eigenvalue weighted by Gasteiger charge is 2.12. The minimum absolute atomic E-state index is 0.797. The summed E-state index contributed by atoms with van der Waals surface area (Å²) in [7, 11) is 0. The first-order valence-corrected chi connectivity index (χ1v) is 7.45. The Balaban J connectivity index is 2.29. The van der Waals surface area contributed by atoms with Gasteiger partial charge in [0.2, 0.25) is 0 Å². The molecule has 0 saturated heterocycles. The third-order valence-electron chi connectivity index (χ3n) is 4.43. The fourth-order valence-electron chi connectivity index (χ4n) is 3.62. The van der Waals surface area contributed by atoms with Crippen molar-refractivity contribution in [1.29, 1.82) is 0 Å². The van der Waals surface area contributed by atoms with Crippen molar-refractivity contribution in [3.63, 3.8) is 0 Å². The molecule has 0 N–H and O–H groups in total. The smallest absolute Gasteiger partial charge is 0.0418 e. The third-order valence-corrected chi connectivity index (χ3v) is 4.64. The van der Waals surface area contributed by atoms with E-state index < -0.39 is 0 Å². The summed E-state index contributed by atoms with van der Waals surface area (Å²) in [5, 5.41) is 11.1. The van der Waals surface area contributed by atoms with Crippen LogP contribution in [0.1, 0.15) is 0 Å². The van der Waals surface area contributed by atoms with E-state index in [4.69, 9.17) is 11.6 Å². The number of hydrogen-bond donors (Lipinski definition) is 0. The Morgan fingerprint density at radius 2 is 1.05 bits per heavy atom. The first kappa shape index (κ1) is 11.4. The molecule has 0 unspecified atom stereocenters. The second-order valence-electron chi connectivity index (χ2n) is 5.57. The molecule has 1 heteroatoms. The first-order chi connectivity index (χ1) is 10.3. The molecule has 98 valence electrons. The largest absolute Gasteiger partial charge is 0.0843 e. The number of rotatable bonds is 0. The molecule has 0 spiro atoms. The highest BCUT2D eigenvalue weighted by Crippen LogP contribution is 2.40. The van der Waals surface area contributed by atoms with Crippen molar-refractivity contribution in [2.45, 2.75) is 0 Å². The van der Waals surface area contributed by atoms with Gasteiger partial charge >= 0.3 is 0 Å². The van der Waals surface area contributed by atoms with Crippen LogP contribution in [-0.4, -0.2) is 0 Å². The van der Waals surface area contributed by atoms with Crippen LogP contribution in [0, 0.1) is 0 Å². The van der Waals surface area contributed by atoms with Gasteiger partial charge in [0.05, 0.1) is 0 Å². The molecule has 0 bridgehead atoms. The summed E-state index contributed by atoms with van der Waals surface area (Å²) in [6, 6.07) is 23.7. The van der Waals surface area contributed by atoms with Crippen LogP contribution < -0.4 is 0 Å². The molecular formula is C20H11Cl. The lowest BCUT2D eigenvalue weighted by Crippen LogP contribution is -1.86. The fourth-order valence-corrected chi connectivity index (χ4v) is 3.84. The summed E-state index contributed by atoms with van der Waals surface area (Å²) in [6.07, 6.45) is 0. The molecule has 0 heterocycles. The van der Waals surface area contributed by atoms with Crippen molar-refractivity contribution in [2.24, 2.45) is 0 Å². The van der Waals surface area contributed by atoms with Crippen molar-refractivity contribution < 1.29 is 0 Å². The van der Waals surface area contributed by atoms with Gasteiger partial charge in [-0.1, -0.05) is 66.2 Å². The van der Waals surface area contributed by atoms with E-state index in [9.17, 15) is 0 Å². The van der Waals surface area contributed by atoms with E-state index in [-0.39, 0.29) is 0 Å². The Bertz CT molecular complexity index is 1130. The molecule has 0 aliphatic rings. The van der Waals surface area contributed by atoms with Gasteiger partial charge in [0.15, 0.2) is 0 Å². The van der Waals surface area contributed by atoms with Gasteiger partial charge < -0.3 is 0 Å². The molecule has 5 aromatic rings. The molecule has 0 nitrogen and oxygen atoms in total. The fraction of sp³-hybridized carbons (Fsp3) is 0. The monoisotopic (exact) mass is 286 g/mol. The van der Waals surface area contributed by atoms with Crippen molar-refractivity contribution >= 4 is 54.7 Å². The second-order valence-corrected chi connectivity index (χ2v) is 6.00. The summed E-state index contributed by atoms with van der Waals surface area (Å²) in [4.78, 5) is 0. The van der Waals surface area contributed by atoms with Gasteiger partial charge in [-0.3, -0.25) is 0 Å². The zero-order valence-corrected chi connectivity index (χ0v) is 12.0. The molecule has 21 heavy (non-hydrogen) atoms. The lowest BCUT2D eigenvalue weighted by molar-refractivity contribution is 1.78. The van der Waals surface area contributed by atoms with Gasteiger partial charge in [-0.15, -0.1) is 0 Å². The minimum atomic E-state index is 0.797. The van der Waals surface area contributed by atoms with E-state index in [2.05, 4.69) is 66.7 Å². The topological polar surface area (TPSA) is 0 Å². The molecule has 5 rings (SSSR count). The highest BCUT2D eigenvalue weighted by atomic mass is 35.5. The maximum Gasteiger partial charge on any atom is 0.0418 e. The van der Waals surface area contributed by atoms with E-state index in [1.807, 2.05) is 0 Å². The molecule has 0 saturated carbocycles. The summed E-state index contributed by atoms with van der Waals surface area (Å²) < 4.78 is 0. The molecule has 0 aliphatic heterocycles. The molecule has 5 aromatic carbocycles. The zero-order chi connectivity index (χ0) is 14.0. The average Bonchev–Trinajstić information content (AvgIpc) is 2.51. The Hall–Kier alpha value is -2.31. The molecule has 0 aromatic heterocycles. The Morgan fingerprint density at radius 3 is 1.71 bits per heavy atom. The maximum atomic E-state index is 6.34. The van der Waals surface area contributed by atoms with Crippen molar-refractivity contribution in [2.75, 3.05) is 0 Å².